The summed E-state index contributed by atoms with van der Waals surface area (Å²) in [5.74, 6) is 0.815. The Hall–Kier alpha value is -3.08. The van der Waals surface area contributed by atoms with Crippen LogP contribution in [0.2, 0.25) is 0 Å². The molecule has 38 heavy (non-hydrogen) atoms. The Morgan fingerprint density at radius 3 is 2.71 bits per heavy atom. The predicted octanol–water partition coefficient (Wildman–Crippen LogP) is 3.18. The normalized spacial score (nSPS) is 16.6. The second-order valence-corrected chi connectivity index (χ2v) is 10.7. The molecule has 4 heterocycles. The minimum absolute atomic E-state index is 0.131. The lowest BCUT2D eigenvalue weighted by Crippen LogP contribution is -2.45. The van der Waals surface area contributed by atoms with E-state index in [0.29, 0.717) is 49.9 Å². The molecule has 0 bridgehead atoms. The molecule has 0 spiro atoms. The number of hydrogen-bond acceptors (Lipinski definition) is 9. The minimum Gasteiger partial charge on any atom is -0.481 e. The van der Waals surface area contributed by atoms with Crippen LogP contribution in [0.3, 0.4) is 0 Å². The molecule has 1 fully saturated rings. The first-order chi connectivity index (χ1) is 18.3. The van der Waals surface area contributed by atoms with Gasteiger partial charge in [0, 0.05) is 62.4 Å². The molecule has 3 aromatic rings. The number of fused-ring (bicyclic) bond motifs is 1. The van der Waals surface area contributed by atoms with Gasteiger partial charge in [0.1, 0.15) is 0 Å². The van der Waals surface area contributed by atoms with Gasteiger partial charge in [0.2, 0.25) is 5.88 Å². The highest BCUT2D eigenvalue weighted by atomic mass is 16.5. The van der Waals surface area contributed by atoms with E-state index in [0.717, 1.165) is 43.5 Å². The van der Waals surface area contributed by atoms with Crippen LogP contribution >= 0.6 is 0 Å². The molecule has 206 valence electrons. The summed E-state index contributed by atoms with van der Waals surface area (Å²) in [5, 5.41) is 13.3. The summed E-state index contributed by atoms with van der Waals surface area (Å²) in [6.07, 6.45) is 5.99. The summed E-state index contributed by atoms with van der Waals surface area (Å²) in [4.78, 5) is 29.4. The maximum atomic E-state index is 13.6. The van der Waals surface area contributed by atoms with Gasteiger partial charge in [0.15, 0.2) is 11.5 Å². The van der Waals surface area contributed by atoms with Crippen molar-refractivity contribution in [3.05, 3.63) is 40.9 Å². The number of methoxy groups -OCH3 is 1. The molecule has 2 N–H and O–H groups in total. The van der Waals surface area contributed by atoms with Gasteiger partial charge in [-0.05, 0) is 43.4 Å². The molecule has 3 aromatic heterocycles. The standard InChI is InChI=1S/C28H40N6O4/c1-5-12-38-13-11-34-23-14-21(20-8-9-24(37-4)29-15-20)16-30-25(23)32-26(27(34)36)31-18-28(2,3)19-33-10-6-7-22(35)17-33/h8-9,14-16,22,35H,5-7,10-13,17-19H2,1-4H3,(H,30,31,32)/t22-/m1/s1. The summed E-state index contributed by atoms with van der Waals surface area (Å²) in [6, 6.07) is 5.63. The quantitative estimate of drug-likeness (QED) is 0.345. The van der Waals surface area contributed by atoms with Crippen LogP contribution < -0.4 is 15.6 Å². The van der Waals surface area contributed by atoms with E-state index in [1.54, 1.807) is 30.1 Å². The SMILES string of the molecule is CCCOCCn1c(=O)c(NCC(C)(C)CN2CCC[C@@H](O)C2)nc2ncc(-c3ccc(OC)nc3)cc21. The van der Waals surface area contributed by atoms with Crippen molar-refractivity contribution in [2.75, 3.05) is 51.8 Å². The zero-order valence-corrected chi connectivity index (χ0v) is 22.9. The van der Waals surface area contributed by atoms with E-state index in [1.165, 1.54) is 0 Å². The van der Waals surface area contributed by atoms with Crippen LogP contribution in [0, 0.1) is 5.41 Å². The number of β-amino-alcohol motifs (C(OH)–C–C–N with tert-alkyl or cyclic N) is 1. The number of pyridine rings is 2. The van der Waals surface area contributed by atoms with Crippen molar-refractivity contribution in [3.8, 4) is 17.0 Å². The lowest BCUT2D eigenvalue weighted by molar-refractivity contribution is 0.0524. The molecule has 4 rings (SSSR count). The third-order valence-corrected chi connectivity index (χ3v) is 6.76. The number of aliphatic hydroxyl groups excluding tert-OH is 1. The van der Waals surface area contributed by atoms with Gasteiger partial charge < -0.3 is 24.8 Å². The third-order valence-electron chi connectivity index (χ3n) is 6.76. The third kappa shape index (κ3) is 7.06. The number of nitrogens with zero attached hydrogens (tertiary/aromatic N) is 5. The highest BCUT2D eigenvalue weighted by Gasteiger charge is 2.26. The average molecular weight is 525 g/mol. The molecule has 1 aliphatic rings. The Labute approximate surface area is 224 Å². The second-order valence-electron chi connectivity index (χ2n) is 10.7. The molecule has 0 amide bonds. The van der Waals surface area contributed by atoms with E-state index in [4.69, 9.17) is 9.47 Å². The Morgan fingerprint density at radius 2 is 2.00 bits per heavy atom. The van der Waals surface area contributed by atoms with Gasteiger partial charge in [-0.15, -0.1) is 0 Å². The Bertz CT molecular complexity index is 1260. The fourth-order valence-corrected chi connectivity index (χ4v) is 4.85. The van der Waals surface area contributed by atoms with Crippen LogP contribution in [-0.2, 0) is 11.3 Å². The second kappa shape index (κ2) is 12.6. The largest absolute Gasteiger partial charge is 0.481 e. The van der Waals surface area contributed by atoms with Crippen molar-refractivity contribution < 1.29 is 14.6 Å². The van der Waals surface area contributed by atoms with E-state index >= 15 is 0 Å². The smallest absolute Gasteiger partial charge is 0.293 e. The summed E-state index contributed by atoms with van der Waals surface area (Å²) >= 11 is 0. The highest BCUT2D eigenvalue weighted by Crippen LogP contribution is 2.24. The number of hydrogen-bond donors (Lipinski definition) is 2. The zero-order valence-electron chi connectivity index (χ0n) is 22.9. The first kappa shape index (κ1) is 27.9. The molecular formula is C28H40N6O4. The van der Waals surface area contributed by atoms with Crippen molar-refractivity contribution in [1.82, 2.24) is 24.4 Å². The summed E-state index contributed by atoms with van der Waals surface area (Å²) < 4.78 is 12.6. The fraction of sp³-hybridized carbons (Fsp3) is 0.571. The number of piperidine rings is 1. The molecule has 1 aliphatic heterocycles. The molecule has 0 saturated carbocycles. The monoisotopic (exact) mass is 524 g/mol. The van der Waals surface area contributed by atoms with Gasteiger partial charge in [-0.2, -0.15) is 0 Å². The van der Waals surface area contributed by atoms with Gasteiger partial charge >= 0.3 is 0 Å². The molecule has 1 atom stereocenters. The lowest BCUT2D eigenvalue weighted by atomic mass is 9.91. The van der Waals surface area contributed by atoms with Gasteiger partial charge in [-0.25, -0.2) is 15.0 Å². The number of ether oxygens (including phenoxy) is 2. The van der Waals surface area contributed by atoms with Gasteiger partial charge in [-0.3, -0.25) is 9.36 Å². The van der Waals surface area contributed by atoms with Crippen molar-refractivity contribution in [2.45, 2.75) is 52.7 Å². The minimum atomic E-state index is -0.263. The number of nitrogens with one attached hydrogen (secondary N) is 1. The van der Waals surface area contributed by atoms with E-state index in [1.807, 2.05) is 12.1 Å². The van der Waals surface area contributed by atoms with Crippen LogP contribution in [-0.4, -0.2) is 82.1 Å². The molecular weight excluding hydrogens is 484 g/mol. The number of rotatable bonds is 12. The highest BCUT2D eigenvalue weighted by molar-refractivity contribution is 5.78. The maximum Gasteiger partial charge on any atom is 0.293 e. The van der Waals surface area contributed by atoms with Crippen molar-refractivity contribution in [2.24, 2.45) is 5.41 Å². The van der Waals surface area contributed by atoms with Gasteiger partial charge in [-0.1, -0.05) is 20.8 Å². The summed E-state index contributed by atoms with van der Waals surface area (Å²) in [6.45, 7) is 10.9. The van der Waals surface area contributed by atoms with Crippen molar-refractivity contribution in [3.63, 3.8) is 0 Å². The predicted molar refractivity (Wildman–Crippen MR) is 149 cm³/mol. The van der Waals surface area contributed by atoms with E-state index in [-0.39, 0.29) is 22.9 Å². The molecule has 0 aliphatic carbocycles. The molecule has 1 saturated heterocycles. The van der Waals surface area contributed by atoms with Crippen molar-refractivity contribution in [1.29, 1.82) is 0 Å². The molecule has 0 radical (unpaired) electrons. The molecule has 10 nitrogen and oxygen atoms in total. The number of likely N-dealkylation sites (tertiary alicyclic amines) is 1. The van der Waals surface area contributed by atoms with E-state index in [9.17, 15) is 9.90 Å². The van der Waals surface area contributed by atoms with Crippen LogP contribution in [0.5, 0.6) is 5.88 Å². The first-order valence-electron chi connectivity index (χ1n) is 13.4. The summed E-state index contributed by atoms with van der Waals surface area (Å²) in [7, 11) is 1.58. The van der Waals surface area contributed by atoms with Crippen LogP contribution in [0.25, 0.3) is 22.3 Å². The fourth-order valence-electron chi connectivity index (χ4n) is 4.85. The number of aromatic nitrogens is 4. The lowest BCUT2D eigenvalue weighted by Gasteiger charge is -2.36. The van der Waals surface area contributed by atoms with E-state index < -0.39 is 0 Å². The van der Waals surface area contributed by atoms with Gasteiger partial charge in [0.05, 0.1) is 25.3 Å². The van der Waals surface area contributed by atoms with E-state index in [2.05, 4.69) is 45.9 Å². The Morgan fingerprint density at radius 1 is 1.18 bits per heavy atom. The van der Waals surface area contributed by atoms with Gasteiger partial charge in [0.25, 0.3) is 5.56 Å². The van der Waals surface area contributed by atoms with Crippen molar-refractivity contribution >= 4 is 17.0 Å². The zero-order chi connectivity index (χ0) is 27.1. The number of anilines is 1. The maximum absolute atomic E-state index is 13.6. The molecule has 10 heteroatoms. The average Bonchev–Trinajstić information content (AvgIpc) is 2.90. The number of aliphatic hydroxyl groups is 1. The Balaban J connectivity index is 1.60. The van der Waals surface area contributed by atoms with Crippen LogP contribution in [0.4, 0.5) is 5.82 Å². The van der Waals surface area contributed by atoms with Crippen LogP contribution in [0.1, 0.15) is 40.0 Å². The molecule has 0 unspecified atom stereocenters. The van der Waals surface area contributed by atoms with Crippen LogP contribution in [0.15, 0.2) is 35.4 Å². The first-order valence-corrected chi connectivity index (χ1v) is 13.4. The Kier molecular flexibility index (Phi) is 9.30. The molecule has 0 aromatic carbocycles. The topological polar surface area (TPSA) is 115 Å². The summed E-state index contributed by atoms with van der Waals surface area (Å²) in [5.41, 5.74) is 2.51.